The van der Waals surface area contributed by atoms with Crippen LogP contribution in [0.4, 0.5) is 4.39 Å². The number of carboxylic acids is 1. The first-order valence-corrected chi connectivity index (χ1v) is 7.25. The number of nitrogens with one attached hydrogen (secondary N) is 1. The summed E-state index contributed by atoms with van der Waals surface area (Å²) < 4.78 is 14.1. The SMILES string of the molecule is O=C(NC1(C(=O)O)CCCCC1)c1cccc(Br)c1F. The molecular weight excluding hydrogens is 329 g/mol. The van der Waals surface area contributed by atoms with Crippen molar-refractivity contribution in [3.63, 3.8) is 0 Å². The Hall–Kier alpha value is -1.43. The maximum Gasteiger partial charge on any atom is 0.329 e. The minimum Gasteiger partial charge on any atom is -0.480 e. The molecule has 6 heteroatoms. The monoisotopic (exact) mass is 343 g/mol. The van der Waals surface area contributed by atoms with Crippen molar-refractivity contribution in [2.75, 3.05) is 0 Å². The Bertz CT molecular complexity index is 541. The summed E-state index contributed by atoms with van der Waals surface area (Å²) in [5.74, 6) is -2.42. The third kappa shape index (κ3) is 2.85. The molecule has 1 saturated carbocycles. The lowest BCUT2D eigenvalue weighted by Gasteiger charge is -2.34. The number of rotatable bonds is 3. The third-order valence-corrected chi connectivity index (χ3v) is 4.28. The molecule has 0 bridgehead atoms. The average Bonchev–Trinajstić information content (AvgIpc) is 2.42. The van der Waals surface area contributed by atoms with Crippen molar-refractivity contribution in [3.8, 4) is 0 Å². The number of carbonyl (C=O) groups is 2. The first-order valence-electron chi connectivity index (χ1n) is 6.46. The van der Waals surface area contributed by atoms with Gasteiger partial charge in [-0.2, -0.15) is 0 Å². The minimum atomic E-state index is -1.27. The van der Waals surface area contributed by atoms with Gasteiger partial charge in [0.25, 0.3) is 5.91 Å². The van der Waals surface area contributed by atoms with Gasteiger partial charge in [-0.3, -0.25) is 4.79 Å². The average molecular weight is 344 g/mol. The van der Waals surface area contributed by atoms with Crippen LogP contribution in [0.1, 0.15) is 42.5 Å². The van der Waals surface area contributed by atoms with Crippen LogP contribution in [0.2, 0.25) is 0 Å². The Kier molecular flexibility index (Phi) is 4.42. The molecule has 0 spiro atoms. The molecule has 20 heavy (non-hydrogen) atoms. The van der Waals surface area contributed by atoms with Crippen LogP contribution in [0, 0.1) is 5.82 Å². The molecule has 1 fully saturated rings. The molecule has 1 aromatic carbocycles. The molecule has 0 aromatic heterocycles. The van der Waals surface area contributed by atoms with Crippen molar-refractivity contribution in [1.82, 2.24) is 5.32 Å². The fourth-order valence-corrected chi connectivity index (χ4v) is 2.88. The van der Waals surface area contributed by atoms with Crippen LogP contribution in [0.15, 0.2) is 22.7 Å². The smallest absolute Gasteiger partial charge is 0.329 e. The summed E-state index contributed by atoms with van der Waals surface area (Å²) >= 11 is 3.01. The van der Waals surface area contributed by atoms with E-state index in [1.807, 2.05) is 0 Å². The van der Waals surface area contributed by atoms with E-state index in [1.165, 1.54) is 18.2 Å². The normalized spacial score (nSPS) is 17.5. The van der Waals surface area contributed by atoms with Crippen LogP contribution in [-0.4, -0.2) is 22.5 Å². The summed E-state index contributed by atoms with van der Waals surface area (Å²) in [4.78, 5) is 23.6. The van der Waals surface area contributed by atoms with Crippen molar-refractivity contribution in [3.05, 3.63) is 34.1 Å². The maximum absolute atomic E-state index is 13.9. The Morgan fingerprint density at radius 3 is 2.50 bits per heavy atom. The predicted molar refractivity (Wildman–Crippen MR) is 75.0 cm³/mol. The summed E-state index contributed by atoms with van der Waals surface area (Å²) in [5, 5.41) is 11.9. The zero-order chi connectivity index (χ0) is 14.8. The lowest BCUT2D eigenvalue weighted by Crippen LogP contribution is -2.55. The third-order valence-electron chi connectivity index (χ3n) is 3.67. The van der Waals surface area contributed by atoms with Crippen LogP contribution in [0.5, 0.6) is 0 Å². The number of carboxylic acid groups (broad SMARTS) is 1. The summed E-state index contributed by atoms with van der Waals surface area (Å²) in [6.45, 7) is 0. The highest BCUT2D eigenvalue weighted by Gasteiger charge is 2.41. The molecule has 1 aliphatic carbocycles. The van der Waals surface area contributed by atoms with E-state index in [9.17, 15) is 19.1 Å². The van der Waals surface area contributed by atoms with Crippen LogP contribution >= 0.6 is 15.9 Å². The molecule has 4 nitrogen and oxygen atoms in total. The van der Waals surface area contributed by atoms with Gasteiger partial charge in [-0.05, 0) is 40.9 Å². The van der Waals surface area contributed by atoms with E-state index in [1.54, 1.807) is 0 Å². The van der Waals surface area contributed by atoms with Gasteiger partial charge in [-0.15, -0.1) is 0 Å². The minimum absolute atomic E-state index is 0.148. The molecule has 1 aliphatic rings. The lowest BCUT2D eigenvalue weighted by atomic mass is 9.81. The van der Waals surface area contributed by atoms with E-state index < -0.39 is 23.2 Å². The van der Waals surface area contributed by atoms with Crippen LogP contribution < -0.4 is 5.32 Å². The summed E-state index contributed by atoms with van der Waals surface area (Å²) in [7, 11) is 0. The fourth-order valence-electron chi connectivity index (χ4n) is 2.51. The zero-order valence-corrected chi connectivity index (χ0v) is 12.4. The first kappa shape index (κ1) is 15.0. The maximum atomic E-state index is 13.9. The molecule has 2 N–H and O–H groups in total. The molecule has 1 amide bonds. The second-order valence-electron chi connectivity index (χ2n) is 5.00. The Morgan fingerprint density at radius 1 is 1.25 bits per heavy atom. The van der Waals surface area contributed by atoms with Gasteiger partial charge in [0, 0.05) is 0 Å². The number of hydrogen-bond acceptors (Lipinski definition) is 2. The zero-order valence-electron chi connectivity index (χ0n) is 10.8. The van der Waals surface area contributed by atoms with Crippen LogP contribution in [-0.2, 0) is 4.79 Å². The second kappa shape index (κ2) is 5.91. The van der Waals surface area contributed by atoms with E-state index in [0.29, 0.717) is 12.8 Å². The summed E-state index contributed by atoms with van der Waals surface area (Å²) in [6.07, 6.45) is 3.20. The largest absolute Gasteiger partial charge is 0.480 e. The molecule has 2 rings (SSSR count). The van der Waals surface area contributed by atoms with Crippen molar-refractivity contribution < 1.29 is 19.1 Å². The number of hydrogen-bond donors (Lipinski definition) is 2. The summed E-state index contributed by atoms with van der Waals surface area (Å²) in [6, 6.07) is 4.36. The number of halogens is 2. The van der Waals surface area contributed by atoms with Crippen molar-refractivity contribution in [2.24, 2.45) is 0 Å². The Balaban J connectivity index is 2.25. The van der Waals surface area contributed by atoms with Gasteiger partial charge in [-0.25, -0.2) is 9.18 Å². The molecule has 0 saturated heterocycles. The van der Waals surface area contributed by atoms with Crippen LogP contribution in [0.3, 0.4) is 0 Å². The van der Waals surface area contributed by atoms with Gasteiger partial charge < -0.3 is 10.4 Å². The summed E-state index contributed by atoms with van der Waals surface area (Å²) in [5.41, 5.74) is -1.42. The Labute approximate surface area is 124 Å². The van der Waals surface area contributed by atoms with Crippen molar-refractivity contribution >= 4 is 27.8 Å². The highest BCUT2D eigenvalue weighted by atomic mass is 79.9. The van der Waals surface area contributed by atoms with Crippen LogP contribution in [0.25, 0.3) is 0 Å². The topological polar surface area (TPSA) is 66.4 Å². The molecule has 0 heterocycles. The van der Waals surface area contributed by atoms with Gasteiger partial charge in [0.15, 0.2) is 0 Å². The van der Waals surface area contributed by atoms with E-state index in [0.717, 1.165) is 19.3 Å². The van der Waals surface area contributed by atoms with Gasteiger partial charge >= 0.3 is 5.97 Å². The van der Waals surface area contributed by atoms with Crippen molar-refractivity contribution in [2.45, 2.75) is 37.6 Å². The van der Waals surface area contributed by atoms with Gasteiger partial charge in [0.05, 0.1) is 10.0 Å². The van der Waals surface area contributed by atoms with E-state index in [2.05, 4.69) is 21.2 Å². The molecular formula is C14H15BrFNO3. The van der Waals surface area contributed by atoms with E-state index in [4.69, 9.17) is 0 Å². The van der Waals surface area contributed by atoms with Gasteiger partial charge in [0.2, 0.25) is 0 Å². The van der Waals surface area contributed by atoms with Crippen molar-refractivity contribution in [1.29, 1.82) is 0 Å². The highest BCUT2D eigenvalue weighted by molar-refractivity contribution is 9.10. The second-order valence-corrected chi connectivity index (χ2v) is 5.86. The quantitative estimate of drug-likeness (QED) is 0.886. The fraction of sp³-hybridized carbons (Fsp3) is 0.429. The number of amides is 1. The molecule has 0 atom stereocenters. The Morgan fingerprint density at radius 2 is 1.90 bits per heavy atom. The standard InChI is InChI=1S/C14H15BrFNO3/c15-10-6-4-5-9(11(10)16)12(18)17-14(13(19)20)7-2-1-3-8-14/h4-6H,1-3,7-8H2,(H,17,18)(H,19,20). The van der Waals surface area contributed by atoms with E-state index >= 15 is 0 Å². The molecule has 0 radical (unpaired) electrons. The lowest BCUT2D eigenvalue weighted by molar-refractivity contribution is -0.145. The molecule has 1 aromatic rings. The van der Waals surface area contributed by atoms with Gasteiger partial charge in [0.1, 0.15) is 11.4 Å². The molecule has 0 unspecified atom stereocenters. The molecule has 108 valence electrons. The number of carbonyl (C=O) groups excluding carboxylic acids is 1. The van der Waals surface area contributed by atoms with E-state index in [-0.39, 0.29) is 10.0 Å². The molecule has 0 aliphatic heterocycles. The first-order chi connectivity index (χ1) is 9.46. The predicted octanol–water partition coefficient (Wildman–Crippen LogP) is 3.11. The number of aliphatic carboxylic acids is 1. The van der Waals surface area contributed by atoms with Gasteiger partial charge in [-0.1, -0.05) is 25.3 Å². The number of benzene rings is 1. The highest BCUT2D eigenvalue weighted by Crippen LogP contribution is 2.29.